The van der Waals surface area contributed by atoms with Crippen LogP contribution in [0.3, 0.4) is 0 Å². The fourth-order valence-electron chi connectivity index (χ4n) is 3.59. The van der Waals surface area contributed by atoms with E-state index in [0.717, 1.165) is 11.1 Å². The molecule has 2 aromatic carbocycles. The van der Waals surface area contributed by atoms with Gasteiger partial charge in [-0.15, -0.1) is 0 Å². The van der Waals surface area contributed by atoms with Crippen LogP contribution in [0, 0.1) is 0 Å². The minimum absolute atomic E-state index is 0.0718. The number of esters is 1. The zero-order valence-corrected chi connectivity index (χ0v) is 17.5. The number of hydrogen-bond acceptors (Lipinski definition) is 5. The van der Waals surface area contributed by atoms with Crippen LogP contribution in [0.1, 0.15) is 5.56 Å². The fraction of sp³-hybridized carbons (Fsp3) is 0.409. The molecular formula is C22H22F6N2O3. The minimum atomic E-state index is -5.77. The third-order valence-electron chi connectivity index (χ3n) is 5.22. The lowest BCUT2D eigenvalue weighted by Gasteiger charge is -2.36. The van der Waals surface area contributed by atoms with Gasteiger partial charge in [-0.2, -0.15) is 26.3 Å². The van der Waals surface area contributed by atoms with E-state index in [1.54, 1.807) is 12.1 Å². The summed E-state index contributed by atoms with van der Waals surface area (Å²) >= 11 is 0. The summed E-state index contributed by atoms with van der Waals surface area (Å²) in [6.07, 6.45) is -15.7. The summed E-state index contributed by atoms with van der Waals surface area (Å²) in [6, 6.07) is 13.5. The van der Waals surface area contributed by atoms with Crippen molar-refractivity contribution in [1.29, 1.82) is 0 Å². The topological polar surface area (TPSA) is 50.8 Å². The van der Waals surface area contributed by atoms with E-state index >= 15 is 0 Å². The third kappa shape index (κ3) is 6.17. The van der Waals surface area contributed by atoms with E-state index in [1.165, 1.54) is 12.0 Å². The molecule has 1 aliphatic heterocycles. The van der Waals surface area contributed by atoms with Gasteiger partial charge < -0.3 is 14.8 Å². The molecule has 0 bridgehead atoms. The van der Waals surface area contributed by atoms with Crippen molar-refractivity contribution in [3.63, 3.8) is 0 Å². The van der Waals surface area contributed by atoms with Gasteiger partial charge in [-0.05, 0) is 17.2 Å². The van der Waals surface area contributed by atoms with Gasteiger partial charge in [0.25, 0.3) is 6.10 Å². The van der Waals surface area contributed by atoms with Crippen molar-refractivity contribution in [3.05, 3.63) is 54.1 Å². The predicted molar refractivity (Wildman–Crippen MR) is 107 cm³/mol. The van der Waals surface area contributed by atoms with Crippen LogP contribution in [-0.4, -0.2) is 62.1 Å². The summed E-state index contributed by atoms with van der Waals surface area (Å²) in [5.74, 6) is -1.12. The Morgan fingerprint density at radius 2 is 1.73 bits per heavy atom. The van der Waals surface area contributed by atoms with Crippen LogP contribution in [0.25, 0.3) is 11.1 Å². The molecule has 2 aromatic rings. The van der Waals surface area contributed by atoms with Crippen molar-refractivity contribution >= 4 is 5.97 Å². The highest BCUT2D eigenvalue weighted by molar-refractivity contribution is 5.76. The van der Waals surface area contributed by atoms with Gasteiger partial charge in [0.2, 0.25) is 0 Å². The zero-order valence-electron chi connectivity index (χ0n) is 17.5. The van der Waals surface area contributed by atoms with E-state index in [1.807, 2.05) is 36.4 Å². The molecule has 1 aliphatic rings. The maximum atomic E-state index is 12.8. The van der Waals surface area contributed by atoms with Gasteiger partial charge in [0.05, 0.1) is 7.11 Å². The van der Waals surface area contributed by atoms with E-state index in [-0.39, 0.29) is 19.6 Å². The molecule has 0 aliphatic carbocycles. The Kier molecular flexibility index (Phi) is 7.53. The molecule has 1 heterocycles. The summed E-state index contributed by atoms with van der Waals surface area (Å²) in [7, 11) is 1.45. The SMILES string of the molecule is COc1cc(-c2ccccc2)ccc1CN1CCNCC1C(=O)OC(C(F)(F)F)C(F)(F)F. The standard InChI is InChI=1S/C22H22F6N2O3/c1-32-18-11-15(14-5-3-2-4-6-14)7-8-16(18)13-30-10-9-29-12-17(30)19(31)33-20(21(23,24)25)22(26,27)28/h2-8,11,17,20,29H,9-10,12-13H2,1H3. The average Bonchev–Trinajstić information content (AvgIpc) is 2.77. The van der Waals surface area contributed by atoms with E-state index in [4.69, 9.17) is 4.74 Å². The molecule has 11 heteroatoms. The molecule has 0 saturated carbocycles. The Morgan fingerprint density at radius 3 is 2.33 bits per heavy atom. The quantitative estimate of drug-likeness (QED) is 0.501. The number of methoxy groups -OCH3 is 1. The zero-order chi connectivity index (χ0) is 24.2. The predicted octanol–water partition coefficient (Wildman–Crippen LogP) is 4.17. The molecule has 1 unspecified atom stereocenters. The Balaban J connectivity index is 1.80. The lowest BCUT2D eigenvalue weighted by molar-refractivity contribution is -0.314. The van der Waals surface area contributed by atoms with Crippen LogP contribution in [-0.2, 0) is 16.1 Å². The number of carbonyl (C=O) groups is 1. The van der Waals surface area contributed by atoms with Gasteiger partial charge in [0.15, 0.2) is 0 Å². The number of nitrogens with zero attached hydrogens (tertiary/aromatic N) is 1. The van der Waals surface area contributed by atoms with Crippen molar-refractivity contribution < 1.29 is 40.6 Å². The van der Waals surface area contributed by atoms with Crippen LogP contribution < -0.4 is 10.1 Å². The Bertz CT molecular complexity index is 935. The molecule has 180 valence electrons. The summed E-state index contributed by atoms with van der Waals surface area (Å²) < 4.78 is 86.3. The van der Waals surface area contributed by atoms with Crippen LogP contribution in [0.2, 0.25) is 0 Å². The number of nitrogens with one attached hydrogen (secondary N) is 1. The maximum Gasteiger partial charge on any atom is 0.434 e. The highest BCUT2D eigenvalue weighted by Crippen LogP contribution is 2.36. The highest BCUT2D eigenvalue weighted by Gasteiger charge is 2.60. The lowest BCUT2D eigenvalue weighted by Crippen LogP contribution is -2.57. The molecule has 1 N–H and O–H groups in total. The first-order valence-electron chi connectivity index (χ1n) is 10.0. The van der Waals surface area contributed by atoms with Gasteiger partial charge in [-0.25, -0.2) is 0 Å². The molecule has 0 aromatic heterocycles. The number of ether oxygens (including phenoxy) is 2. The monoisotopic (exact) mass is 476 g/mol. The smallest absolute Gasteiger partial charge is 0.434 e. The average molecular weight is 476 g/mol. The first kappa shape index (κ1) is 24.8. The van der Waals surface area contributed by atoms with Crippen molar-refractivity contribution in [2.75, 3.05) is 26.7 Å². The van der Waals surface area contributed by atoms with Gasteiger partial charge in [-0.1, -0.05) is 42.5 Å². The molecule has 0 spiro atoms. The first-order chi connectivity index (χ1) is 15.5. The largest absolute Gasteiger partial charge is 0.496 e. The molecule has 5 nitrogen and oxygen atoms in total. The van der Waals surface area contributed by atoms with E-state index < -0.39 is 30.5 Å². The second kappa shape index (κ2) is 10.0. The number of benzene rings is 2. The minimum Gasteiger partial charge on any atom is -0.496 e. The number of carbonyl (C=O) groups excluding carboxylic acids is 1. The number of hydrogen-bond donors (Lipinski definition) is 1. The number of piperazine rings is 1. The van der Waals surface area contributed by atoms with Crippen LogP contribution in [0.4, 0.5) is 26.3 Å². The Morgan fingerprint density at radius 1 is 1.06 bits per heavy atom. The van der Waals surface area contributed by atoms with Crippen LogP contribution in [0.15, 0.2) is 48.5 Å². The van der Waals surface area contributed by atoms with Gasteiger partial charge in [0, 0.05) is 31.7 Å². The molecule has 0 amide bonds. The molecule has 0 radical (unpaired) electrons. The summed E-state index contributed by atoms with van der Waals surface area (Å²) in [5, 5.41) is 2.81. The van der Waals surface area contributed by atoms with Crippen molar-refractivity contribution in [2.24, 2.45) is 0 Å². The molecule has 1 saturated heterocycles. The van der Waals surface area contributed by atoms with Gasteiger partial charge >= 0.3 is 18.3 Å². The molecule has 1 atom stereocenters. The summed E-state index contributed by atoms with van der Waals surface area (Å²) in [4.78, 5) is 13.8. The Hall–Kier alpha value is -2.79. The Labute approximate surface area is 186 Å². The first-order valence-corrected chi connectivity index (χ1v) is 10.0. The molecule has 3 rings (SSSR count). The van der Waals surface area contributed by atoms with Crippen molar-refractivity contribution in [1.82, 2.24) is 10.2 Å². The van der Waals surface area contributed by atoms with Gasteiger partial charge in [-0.3, -0.25) is 9.69 Å². The van der Waals surface area contributed by atoms with E-state index in [2.05, 4.69) is 10.1 Å². The number of rotatable bonds is 6. The number of alkyl halides is 6. The van der Waals surface area contributed by atoms with Crippen molar-refractivity contribution in [2.45, 2.75) is 31.0 Å². The van der Waals surface area contributed by atoms with E-state index in [0.29, 0.717) is 17.9 Å². The lowest BCUT2D eigenvalue weighted by atomic mass is 10.0. The number of halogens is 6. The normalized spacial score (nSPS) is 17.8. The fourth-order valence-corrected chi connectivity index (χ4v) is 3.59. The second-order valence-corrected chi connectivity index (χ2v) is 7.48. The summed E-state index contributed by atoms with van der Waals surface area (Å²) in [6.45, 7) is 0.538. The maximum absolute atomic E-state index is 12.8. The van der Waals surface area contributed by atoms with Crippen molar-refractivity contribution in [3.8, 4) is 16.9 Å². The van der Waals surface area contributed by atoms with Gasteiger partial charge in [0.1, 0.15) is 11.8 Å². The highest BCUT2D eigenvalue weighted by atomic mass is 19.4. The van der Waals surface area contributed by atoms with Crippen LogP contribution >= 0.6 is 0 Å². The molecule has 1 fully saturated rings. The third-order valence-corrected chi connectivity index (χ3v) is 5.22. The molecular weight excluding hydrogens is 454 g/mol. The second-order valence-electron chi connectivity index (χ2n) is 7.48. The van der Waals surface area contributed by atoms with E-state index in [9.17, 15) is 31.1 Å². The van der Waals surface area contributed by atoms with Crippen LogP contribution in [0.5, 0.6) is 5.75 Å². The molecule has 33 heavy (non-hydrogen) atoms. The summed E-state index contributed by atoms with van der Waals surface area (Å²) in [5.41, 5.74) is 2.43.